The van der Waals surface area contributed by atoms with Gasteiger partial charge >= 0.3 is 0 Å². The third-order valence-electron chi connectivity index (χ3n) is 2.92. The number of nitrogens with two attached hydrogens (primary N) is 2. The molecule has 0 spiro atoms. The van der Waals surface area contributed by atoms with Gasteiger partial charge in [-0.15, -0.1) is 0 Å². The van der Waals surface area contributed by atoms with E-state index in [1.165, 1.54) is 0 Å². The molecule has 1 heterocycles. The van der Waals surface area contributed by atoms with Gasteiger partial charge in [0.05, 0.1) is 11.5 Å². The summed E-state index contributed by atoms with van der Waals surface area (Å²) < 4.78 is 23.2. The van der Waals surface area contributed by atoms with Crippen LogP contribution in [0.2, 0.25) is 0 Å². The highest BCUT2D eigenvalue weighted by atomic mass is 32.2. The smallest absolute Gasteiger partial charge is 0.218 e. The Hall–Kier alpha value is -0.660. The van der Waals surface area contributed by atoms with Crippen molar-refractivity contribution < 1.29 is 13.2 Å². The molecule has 0 aromatic carbocycles. The molecule has 0 aromatic rings. The van der Waals surface area contributed by atoms with Crippen molar-refractivity contribution in [2.24, 2.45) is 11.5 Å². The number of carbonyl (C=O) groups is 1. The van der Waals surface area contributed by atoms with Crippen LogP contribution in [0.15, 0.2) is 0 Å². The third kappa shape index (κ3) is 5.99. The largest absolute Gasteiger partial charge is 0.370 e. The molecule has 0 aromatic heterocycles. The maximum Gasteiger partial charge on any atom is 0.218 e. The van der Waals surface area contributed by atoms with E-state index in [1.54, 1.807) is 0 Å². The van der Waals surface area contributed by atoms with Crippen LogP contribution in [-0.4, -0.2) is 56.4 Å². The van der Waals surface area contributed by atoms with E-state index >= 15 is 0 Å². The minimum atomic E-state index is -3.18. The van der Waals surface area contributed by atoms with Gasteiger partial charge in [-0.1, -0.05) is 0 Å². The number of amides is 1. The molecule has 1 amide bonds. The van der Waals surface area contributed by atoms with Crippen LogP contribution < -0.4 is 11.5 Å². The molecule has 1 rings (SSSR count). The summed E-state index contributed by atoms with van der Waals surface area (Å²) >= 11 is 0. The van der Waals surface area contributed by atoms with Gasteiger partial charge in [0.15, 0.2) is 9.84 Å². The van der Waals surface area contributed by atoms with Gasteiger partial charge in [0, 0.05) is 25.6 Å². The van der Waals surface area contributed by atoms with Crippen LogP contribution in [0, 0.1) is 0 Å². The number of hydrogen-bond donors (Lipinski definition) is 2. The number of primary amides is 1. The van der Waals surface area contributed by atoms with Gasteiger partial charge in [-0.05, 0) is 19.4 Å². The summed E-state index contributed by atoms with van der Waals surface area (Å²) in [6.45, 7) is 2.15. The fraction of sp³-hybridized carbons (Fsp3) is 0.900. The normalized spacial score (nSPS) is 22.5. The molecule has 1 saturated heterocycles. The Morgan fingerprint density at radius 2 is 2.06 bits per heavy atom. The van der Waals surface area contributed by atoms with Gasteiger partial charge in [0.2, 0.25) is 5.91 Å². The molecule has 1 aliphatic heterocycles. The molecular weight excluding hydrogens is 242 g/mol. The molecule has 0 saturated carbocycles. The van der Waals surface area contributed by atoms with Crippen LogP contribution in [-0.2, 0) is 14.6 Å². The Labute approximate surface area is 102 Å². The van der Waals surface area contributed by atoms with E-state index in [0.29, 0.717) is 6.54 Å². The fourth-order valence-corrected chi connectivity index (χ4v) is 3.17. The lowest BCUT2D eigenvalue weighted by atomic mass is 10.1. The Morgan fingerprint density at radius 1 is 1.35 bits per heavy atom. The SMILES string of the molecule is NC(=O)CCS(=O)(=O)CCN1CCCC(N)C1. The molecule has 1 unspecified atom stereocenters. The summed E-state index contributed by atoms with van der Waals surface area (Å²) in [5, 5.41) is 0. The Bertz CT molecular complexity index is 356. The minimum Gasteiger partial charge on any atom is -0.370 e. The number of hydrogen-bond acceptors (Lipinski definition) is 5. The van der Waals surface area contributed by atoms with E-state index < -0.39 is 15.7 Å². The molecule has 4 N–H and O–H groups in total. The summed E-state index contributed by atoms with van der Waals surface area (Å²) in [5.41, 5.74) is 10.7. The maximum absolute atomic E-state index is 11.6. The van der Waals surface area contributed by atoms with E-state index in [9.17, 15) is 13.2 Å². The van der Waals surface area contributed by atoms with Crippen LogP contribution in [0.1, 0.15) is 19.3 Å². The Balaban J connectivity index is 2.31. The highest BCUT2D eigenvalue weighted by molar-refractivity contribution is 7.91. The molecule has 6 nitrogen and oxygen atoms in total. The van der Waals surface area contributed by atoms with Gasteiger partial charge in [-0.25, -0.2) is 8.42 Å². The number of nitrogens with zero attached hydrogens (tertiary/aromatic N) is 1. The van der Waals surface area contributed by atoms with Crippen LogP contribution in [0.25, 0.3) is 0 Å². The highest BCUT2D eigenvalue weighted by Gasteiger charge is 2.19. The highest BCUT2D eigenvalue weighted by Crippen LogP contribution is 2.08. The van der Waals surface area contributed by atoms with Crippen LogP contribution >= 0.6 is 0 Å². The minimum absolute atomic E-state index is 0.0764. The standard InChI is InChI=1S/C10H21N3O3S/c11-9-2-1-4-13(8-9)5-7-17(15,16)6-3-10(12)14/h9H,1-8,11H2,(H2,12,14). The quantitative estimate of drug-likeness (QED) is 0.619. The zero-order valence-corrected chi connectivity index (χ0v) is 10.8. The maximum atomic E-state index is 11.6. The van der Waals surface area contributed by atoms with E-state index in [2.05, 4.69) is 4.90 Å². The summed E-state index contributed by atoms with van der Waals surface area (Å²) in [5.74, 6) is -0.650. The van der Waals surface area contributed by atoms with Gasteiger partial charge in [-0.2, -0.15) is 0 Å². The van der Waals surface area contributed by atoms with Crippen molar-refractivity contribution in [1.29, 1.82) is 0 Å². The monoisotopic (exact) mass is 263 g/mol. The van der Waals surface area contributed by atoms with Crippen molar-refractivity contribution in [2.75, 3.05) is 31.1 Å². The van der Waals surface area contributed by atoms with E-state index in [1.807, 2.05) is 0 Å². The summed E-state index contributed by atoms with van der Waals surface area (Å²) in [4.78, 5) is 12.6. The van der Waals surface area contributed by atoms with Gasteiger partial charge in [-0.3, -0.25) is 4.79 Å². The van der Waals surface area contributed by atoms with E-state index in [4.69, 9.17) is 11.5 Å². The molecule has 100 valence electrons. The molecular formula is C10H21N3O3S. The van der Waals surface area contributed by atoms with Crippen molar-refractivity contribution in [3.8, 4) is 0 Å². The molecule has 0 bridgehead atoms. The van der Waals surface area contributed by atoms with E-state index in [0.717, 1.165) is 25.9 Å². The average Bonchev–Trinajstić information content (AvgIpc) is 2.24. The number of sulfone groups is 1. The second kappa shape index (κ2) is 6.32. The molecule has 0 radical (unpaired) electrons. The van der Waals surface area contributed by atoms with Gasteiger partial charge < -0.3 is 16.4 Å². The van der Waals surface area contributed by atoms with Gasteiger partial charge in [0.1, 0.15) is 0 Å². The van der Waals surface area contributed by atoms with Crippen molar-refractivity contribution >= 4 is 15.7 Å². The lowest BCUT2D eigenvalue weighted by molar-refractivity contribution is -0.117. The third-order valence-corrected chi connectivity index (χ3v) is 4.55. The van der Waals surface area contributed by atoms with Crippen molar-refractivity contribution in [3.05, 3.63) is 0 Å². The van der Waals surface area contributed by atoms with Crippen molar-refractivity contribution in [1.82, 2.24) is 4.90 Å². The molecule has 17 heavy (non-hydrogen) atoms. The van der Waals surface area contributed by atoms with Crippen LogP contribution in [0.5, 0.6) is 0 Å². The predicted octanol–water partition coefficient (Wildman–Crippen LogP) is -1.30. The number of carbonyl (C=O) groups excluding carboxylic acids is 1. The van der Waals surface area contributed by atoms with Crippen LogP contribution in [0.3, 0.4) is 0 Å². The molecule has 0 aliphatic carbocycles. The predicted molar refractivity (Wildman–Crippen MR) is 66.1 cm³/mol. The first kappa shape index (κ1) is 14.4. The first-order valence-electron chi connectivity index (χ1n) is 5.86. The van der Waals surface area contributed by atoms with E-state index in [-0.39, 0.29) is 24.0 Å². The lowest BCUT2D eigenvalue weighted by Gasteiger charge is -2.30. The molecule has 1 atom stereocenters. The summed E-state index contributed by atoms with van der Waals surface area (Å²) in [6, 6.07) is 0.150. The zero-order valence-electron chi connectivity index (χ0n) is 9.97. The second-order valence-corrected chi connectivity index (χ2v) is 6.87. The van der Waals surface area contributed by atoms with Gasteiger partial charge in [0.25, 0.3) is 0 Å². The Kier molecular flexibility index (Phi) is 5.35. The van der Waals surface area contributed by atoms with Crippen molar-refractivity contribution in [3.63, 3.8) is 0 Å². The molecule has 1 fully saturated rings. The lowest BCUT2D eigenvalue weighted by Crippen LogP contribution is -2.44. The summed E-state index contributed by atoms with van der Waals surface area (Å²) in [7, 11) is -3.18. The van der Waals surface area contributed by atoms with Crippen molar-refractivity contribution in [2.45, 2.75) is 25.3 Å². The first-order chi connectivity index (χ1) is 7.89. The fourth-order valence-electron chi connectivity index (χ4n) is 1.92. The Morgan fingerprint density at radius 3 is 2.65 bits per heavy atom. The number of likely N-dealkylation sites (tertiary alicyclic amines) is 1. The molecule has 7 heteroatoms. The molecule has 1 aliphatic rings. The topological polar surface area (TPSA) is 106 Å². The van der Waals surface area contributed by atoms with Crippen LogP contribution in [0.4, 0.5) is 0 Å². The number of rotatable bonds is 6. The summed E-state index contributed by atoms with van der Waals surface area (Å²) in [6.07, 6.45) is 1.93. The second-order valence-electron chi connectivity index (χ2n) is 4.57. The number of piperidine rings is 1. The zero-order chi connectivity index (χ0) is 12.9. The average molecular weight is 263 g/mol. The first-order valence-corrected chi connectivity index (χ1v) is 7.68.